The number of hydrogen-bond donors (Lipinski definition) is 1. The number of nitrogens with one attached hydrogen (secondary N) is 1. The van der Waals surface area contributed by atoms with Crippen LogP contribution in [-0.4, -0.2) is 30.5 Å². The van der Waals surface area contributed by atoms with Gasteiger partial charge in [-0.2, -0.15) is 13.2 Å². The zero-order chi connectivity index (χ0) is 18.6. The fourth-order valence-electron chi connectivity index (χ4n) is 3.09. The number of carbonyl (C=O) groups excluding carboxylic acids is 1. The van der Waals surface area contributed by atoms with Crippen LogP contribution in [0, 0.1) is 5.92 Å². The van der Waals surface area contributed by atoms with E-state index in [0.717, 1.165) is 43.8 Å². The summed E-state index contributed by atoms with van der Waals surface area (Å²) in [6.07, 6.45) is 1.08. The lowest BCUT2D eigenvalue weighted by Crippen LogP contribution is -2.38. The summed E-state index contributed by atoms with van der Waals surface area (Å²) in [7, 11) is 0. The maximum Gasteiger partial charge on any atom is 0.416 e. The molecule has 0 bridgehead atoms. The van der Waals surface area contributed by atoms with Crippen molar-refractivity contribution in [2.75, 3.05) is 24.5 Å². The summed E-state index contributed by atoms with van der Waals surface area (Å²) >= 11 is 0. The molecule has 138 valence electrons. The Labute approximate surface area is 150 Å². The summed E-state index contributed by atoms with van der Waals surface area (Å²) in [4.78, 5) is 18.5. The van der Waals surface area contributed by atoms with Crippen LogP contribution < -0.4 is 10.2 Å². The second-order valence-electron chi connectivity index (χ2n) is 6.43. The van der Waals surface area contributed by atoms with Gasteiger partial charge in [-0.05, 0) is 55.2 Å². The molecule has 1 aromatic carbocycles. The van der Waals surface area contributed by atoms with Crippen LogP contribution in [0.1, 0.15) is 28.8 Å². The molecular formula is C19H20F3N3O. The van der Waals surface area contributed by atoms with Crippen LogP contribution >= 0.6 is 0 Å². The van der Waals surface area contributed by atoms with E-state index in [1.165, 1.54) is 12.1 Å². The Morgan fingerprint density at radius 3 is 2.42 bits per heavy atom. The van der Waals surface area contributed by atoms with E-state index in [9.17, 15) is 18.0 Å². The lowest BCUT2D eigenvalue weighted by atomic mass is 9.96. The van der Waals surface area contributed by atoms with Gasteiger partial charge in [-0.1, -0.05) is 0 Å². The average Bonchev–Trinajstić information content (AvgIpc) is 2.66. The molecule has 26 heavy (non-hydrogen) atoms. The number of alkyl halides is 3. The van der Waals surface area contributed by atoms with Crippen LogP contribution in [0.5, 0.6) is 0 Å². The van der Waals surface area contributed by atoms with Gasteiger partial charge in [0.25, 0.3) is 5.91 Å². The smallest absolute Gasteiger partial charge is 0.370 e. The molecule has 1 saturated heterocycles. The number of carbonyl (C=O) groups is 1. The molecule has 0 unspecified atom stereocenters. The summed E-state index contributed by atoms with van der Waals surface area (Å²) < 4.78 is 37.7. The Hall–Kier alpha value is -2.57. The van der Waals surface area contributed by atoms with Crippen LogP contribution in [-0.2, 0) is 6.18 Å². The first kappa shape index (κ1) is 18.2. The van der Waals surface area contributed by atoms with Gasteiger partial charge >= 0.3 is 6.18 Å². The Bertz CT molecular complexity index is 724. The normalized spacial score (nSPS) is 15.7. The Morgan fingerprint density at radius 2 is 1.85 bits per heavy atom. The molecule has 4 nitrogen and oxygen atoms in total. The number of halogens is 3. The van der Waals surface area contributed by atoms with E-state index in [2.05, 4.69) is 15.2 Å². The van der Waals surface area contributed by atoms with Gasteiger partial charge in [0, 0.05) is 31.4 Å². The van der Waals surface area contributed by atoms with Crippen molar-refractivity contribution in [3.63, 3.8) is 0 Å². The molecule has 1 amide bonds. The van der Waals surface area contributed by atoms with Gasteiger partial charge in [0.15, 0.2) is 0 Å². The van der Waals surface area contributed by atoms with Crippen molar-refractivity contribution in [3.05, 3.63) is 59.9 Å². The van der Waals surface area contributed by atoms with E-state index in [1.807, 2.05) is 18.3 Å². The van der Waals surface area contributed by atoms with Crippen molar-refractivity contribution >= 4 is 11.6 Å². The number of piperidine rings is 1. The van der Waals surface area contributed by atoms with Crippen LogP contribution in [0.4, 0.5) is 18.9 Å². The second kappa shape index (κ2) is 7.76. The van der Waals surface area contributed by atoms with Crippen LogP contribution in [0.25, 0.3) is 0 Å². The van der Waals surface area contributed by atoms with Crippen molar-refractivity contribution in [1.82, 2.24) is 10.3 Å². The summed E-state index contributed by atoms with van der Waals surface area (Å²) in [5.74, 6) is 0.0229. The highest BCUT2D eigenvalue weighted by Crippen LogP contribution is 2.29. The van der Waals surface area contributed by atoms with Gasteiger partial charge in [-0.15, -0.1) is 0 Å². The fraction of sp³-hybridized carbons (Fsp3) is 0.368. The molecule has 1 aliphatic heterocycles. The molecule has 0 spiro atoms. The predicted octanol–water partition coefficient (Wildman–Crippen LogP) is 3.75. The van der Waals surface area contributed by atoms with E-state index in [1.54, 1.807) is 6.20 Å². The number of aromatic nitrogens is 1. The SMILES string of the molecule is O=C(NCC1CCN(c2cccnc2)CC1)c1ccc(C(F)(F)F)cc1. The quantitative estimate of drug-likeness (QED) is 0.900. The average molecular weight is 363 g/mol. The monoisotopic (exact) mass is 363 g/mol. The van der Waals surface area contributed by atoms with E-state index in [0.29, 0.717) is 12.5 Å². The van der Waals surface area contributed by atoms with Gasteiger partial charge in [-0.3, -0.25) is 9.78 Å². The standard InChI is InChI=1S/C19H20F3N3O/c20-19(21,22)16-5-3-15(4-6-16)18(26)24-12-14-7-10-25(11-8-14)17-2-1-9-23-13-17/h1-6,9,13-14H,7-8,10-12H2,(H,24,26). The van der Waals surface area contributed by atoms with Crippen LogP contribution in [0.15, 0.2) is 48.8 Å². The molecule has 3 rings (SSSR count). The van der Waals surface area contributed by atoms with Gasteiger partial charge in [0.2, 0.25) is 0 Å². The molecule has 2 heterocycles. The van der Waals surface area contributed by atoms with Crippen molar-refractivity contribution in [3.8, 4) is 0 Å². The number of benzene rings is 1. The number of pyridine rings is 1. The number of nitrogens with zero attached hydrogens (tertiary/aromatic N) is 2. The second-order valence-corrected chi connectivity index (χ2v) is 6.43. The highest BCUT2D eigenvalue weighted by atomic mass is 19.4. The third-order valence-electron chi connectivity index (χ3n) is 4.65. The molecule has 1 aliphatic rings. The molecular weight excluding hydrogens is 343 g/mol. The Morgan fingerprint density at radius 1 is 1.15 bits per heavy atom. The summed E-state index contributed by atoms with van der Waals surface area (Å²) in [6, 6.07) is 8.22. The third kappa shape index (κ3) is 4.53. The largest absolute Gasteiger partial charge is 0.416 e. The van der Waals surface area contributed by atoms with Gasteiger partial charge < -0.3 is 10.2 Å². The Balaban J connectivity index is 1.47. The molecule has 7 heteroatoms. The molecule has 0 aliphatic carbocycles. The molecule has 0 radical (unpaired) electrons. The highest BCUT2D eigenvalue weighted by molar-refractivity contribution is 5.94. The van der Waals surface area contributed by atoms with Crippen molar-refractivity contribution in [1.29, 1.82) is 0 Å². The highest BCUT2D eigenvalue weighted by Gasteiger charge is 2.30. The van der Waals surface area contributed by atoms with E-state index in [4.69, 9.17) is 0 Å². The number of amides is 1. The van der Waals surface area contributed by atoms with Crippen molar-refractivity contribution in [2.24, 2.45) is 5.92 Å². The van der Waals surface area contributed by atoms with Gasteiger partial charge in [0.1, 0.15) is 0 Å². The lowest BCUT2D eigenvalue weighted by molar-refractivity contribution is -0.137. The van der Waals surface area contributed by atoms with Gasteiger partial charge in [0.05, 0.1) is 17.4 Å². The zero-order valence-corrected chi connectivity index (χ0v) is 14.2. The van der Waals surface area contributed by atoms with Gasteiger partial charge in [-0.25, -0.2) is 0 Å². The topological polar surface area (TPSA) is 45.2 Å². The number of hydrogen-bond acceptors (Lipinski definition) is 3. The van der Waals surface area contributed by atoms with E-state index in [-0.39, 0.29) is 11.5 Å². The maximum atomic E-state index is 12.6. The first-order chi connectivity index (χ1) is 12.4. The minimum Gasteiger partial charge on any atom is -0.370 e. The molecule has 1 aromatic heterocycles. The van der Waals surface area contributed by atoms with Crippen molar-refractivity contribution in [2.45, 2.75) is 19.0 Å². The zero-order valence-electron chi connectivity index (χ0n) is 14.2. The molecule has 0 atom stereocenters. The minimum atomic E-state index is -4.39. The number of anilines is 1. The fourth-order valence-corrected chi connectivity index (χ4v) is 3.09. The first-order valence-corrected chi connectivity index (χ1v) is 8.54. The molecule has 2 aromatic rings. The lowest BCUT2D eigenvalue weighted by Gasteiger charge is -2.33. The first-order valence-electron chi connectivity index (χ1n) is 8.54. The maximum absolute atomic E-state index is 12.6. The third-order valence-corrected chi connectivity index (χ3v) is 4.65. The summed E-state index contributed by atoms with van der Waals surface area (Å²) in [5.41, 5.74) is 0.586. The molecule has 1 fully saturated rings. The minimum absolute atomic E-state index is 0.241. The summed E-state index contributed by atoms with van der Waals surface area (Å²) in [6.45, 7) is 2.32. The van der Waals surface area contributed by atoms with E-state index < -0.39 is 11.7 Å². The van der Waals surface area contributed by atoms with Crippen molar-refractivity contribution < 1.29 is 18.0 Å². The molecule has 0 saturated carbocycles. The van der Waals surface area contributed by atoms with Crippen LogP contribution in [0.2, 0.25) is 0 Å². The summed E-state index contributed by atoms with van der Waals surface area (Å²) in [5, 5.41) is 2.83. The Kier molecular flexibility index (Phi) is 5.44. The van der Waals surface area contributed by atoms with Crippen LogP contribution in [0.3, 0.4) is 0 Å². The predicted molar refractivity (Wildman–Crippen MR) is 93.0 cm³/mol. The van der Waals surface area contributed by atoms with E-state index >= 15 is 0 Å². The number of rotatable bonds is 4. The molecule has 1 N–H and O–H groups in total.